The Morgan fingerprint density at radius 3 is 2.43 bits per heavy atom. The lowest BCUT2D eigenvalue weighted by Gasteiger charge is -2.34. The Morgan fingerprint density at radius 2 is 1.83 bits per heavy atom. The lowest BCUT2D eigenvalue weighted by Crippen LogP contribution is -2.52. The van der Waals surface area contributed by atoms with Gasteiger partial charge in [-0.15, -0.1) is 0 Å². The number of methoxy groups -OCH3 is 1. The summed E-state index contributed by atoms with van der Waals surface area (Å²) in [6, 6.07) is 6.84. The summed E-state index contributed by atoms with van der Waals surface area (Å²) in [5, 5.41) is 3.42. The van der Waals surface area contributed by atoms with Crippen LogP contribution in [0.2, 0.25) is 5.02 Å². The van der Waals surface area contributed by atoms with Gasteiger partial charge in [0.25, 0.3) is 0 Å². The maximum absolute atomic E-state index is 12.2. The molecule has 2 rings (SSSR count). The van der Waals surface area contributed by atoms with Gasteiger partial charge in [-0.2, -0.15) is 0 Å². The third-order valence-corrected chi connectivity index (χ3v) is 4.03. The summed E-state index contributed by atoms with van der Waals surface area (Å²) in [5.74, 6) is 0.0691. The average molecular weight is 340 g/mol. The lowest BCUT2D eigenvalue weighted by molar-refractivity contribution is 0.0877. The predicted molar refractivity (Wildman–Crippen MR) is 89.1 cm³/mol. The number of nitrogens with one attached hydrogen (secondary N) is 1. The smallest absolute Gasteiger partial charge is 0.317 e. The van der Waals surface area contributed by atoms with E-state index in [2.05, 4.69) is 10.2 Å². The van der Waals surface area contributed by atoms with Crippen molar-refractivity contribution in [2.24, 2.45) is 0 Å². The number of carbonyl (C=O) groups is 2. The molecule has 0 bridgehead atoms. The first-order chi connectivity index (χ1) is 11.1. The van der Waals surface area contributed by atoms with Crippen LogP contribution in [0.1, 0.15) is 10.4 Å². The van der Waals surface area contributed by atoms with Crippen LogP contribution in [0.5, 0.6) is 0 Å². The number of rotatable bonds is 6. The minimum atomic E-state index is -0.0780. The van der Waals surface area contributed by atoms with Crippen molar-refractivity contribution in [3.8, 4) is 0 Å². The molecule has 7 heteroatoms. The zero-order valence-corrected chi connectivity index (χ0v) is 14.0. The minimum absolute atomic E-state index is 0.0691. The van der Waals surface area contributed by atoms with E-state index in [-0.39, 0.29) is 11.8 Å². The Bertz CT molecular complexity index is 528. The molecule has 1 aliphatic rings. The van der Waals surface area contributed by atoms with Gasteiger partial charge in [0, 0.05) is 50.4 Å². The molecule has 2 amide bonds. The van der Waals surface area contributed by atoms with Crippen LogP contribution in [0.3, 0.4) is 0 Å². The number of hydrogen-bond donors (Lipinski definition) is 1. The van der Waals surface area contributed by atoms with Crippen molar-refractivity contribution < 1.29 is 14.3 Å². The van der Waals surface area contributed by atoms with Gasteiger partial charge in [0.1, 0.15) is 0 Å². The number of amides is 2. The van der Waals surface area contributed by atoms with Crippen LogP contribution in [0, 0.1) is 0 Å². The van der Waals surface area contributed by atoms with Crippen molar-refractivity contribution in [3.63, 3.8) is 0 Å². The van der Waals surface area contributed by atoms with Crippen LogP contribution in [0.15, 0.2) is 24.3 Å². The van der Waals surface area contributed by atoms with E-state index in [0.29, 0.717) is 56.5 Å². The number of urea groups is 1. The Kier molecular flexibility index (Phi) is 6.83. The number of carbonyl (C=O) groups excluding carboxylic acids is 2. The molecule has 1 aromatic rings. The molecular formula is C16H22ClN3O3. The van der Waals surface area contributed by atoms with E-state index >= 15 is 0 Å². The molecule has 23 heavy (non-hydrogen) atoms. The van der Waals surface area contributed by atoms with Crippen LogP contribution in [-0.2, 0) is 4.74 Å². The van der Waals surface area contributed by atoms with E-state index in [4.69, 9.17) is 16.3 Å². The number of nitrogens with zero attached hydrogens (tertiary/aromatic N) is 2. The van der Waals surface area contributed by atoms with E-state index < -0.39 is 0 Å². The average Bonchev–Trinajstić information content (AvgIpc) is 2.56. The maximum Gasteiger partial charge on any atom is 0.317 e. The Morgan fingerprint density at radius 1 is 1.17 bits per heavy atom. The standard InChI is InChI=1S/C16H22ClN3O3/c1-23-11-6-18-16(22)20-9-7-19(8-10-20)12-15(21)13-2-4-14(17)5-3-13/h2-5H,6-12H2,1H3,(H,18,22). The summed E-state index contributed by atoms with van der Waals surface area (Å²) in [6.07, 6.45) is 0. The van der Waals surface area contributed by atoms with Crippen molar-refractivity contribution >= 4 is 23.4 Å². The second-order valence-corrected chi connectivity index (χ2v) is 5.85. The van der Waals surface area contributed by atoms with Gasteiger partial charge in [-0.1, -0.05) is 11.6 Å². The number of benzene rings is 1. The molecule has 0 radical (unpaired) electrons. The molecule has 126 valence electrons. The topological polar surface area (TPSA) is 61.9 Å². The van der Waals surface area contributed by atoms with Crippen molar-refractivity contribution in [1.29, 1.82) is 0 Å². The zero-order chi connectivity index (χ0) is 16.7. The van der Waals surface area contributed by atoms with Crippen molar-refractivity contribution in [1.82, 2.24) is 15.1 Å². The van der Waals surface area contributed by atoms with Gasteiger partial charge >= 0.3 is 6.03 Å². The zero-order valence-electron chi connectivity index (χ0n) is 13.3. The Labute approximate surface area is 141 Å². The molecule has 0 saturated carbocycles. The lowest BCUT2D eigenvalue weighted by atomic mass is 10.1. The van der Waals surface area contributed by atoms with Gasteiger partial charge in [-0.3, -0.25) is 9.69 Å². The SMILES string of the molecule is COCCNC(=O)N1CCN(CC(=O)c2ccc(Cl)cc2)CC1. The van der Waals surface area contributed by atoms with E-state index in [9.17, 15) is 9.59 Å². The highest BCUT2D eigenvalue weighted by molar-refractivity contribution is 6.30. The first kappa shape index (κ1) is 17.7. The maximum atomic E-state index is 12.2. The first-order valence-electron chi connectivity index (χ1n) is 7.63. The number of hydrogen-bond acceptors (Lipinski definition) is 4. The van der Waals surface area contributed by atoms with Gasteiger partial charge in [0.05, 0.1) is 13.2 Å². The molecule has 0 unspecified atom stereocenters. The van der Waals surface area contributed by atoms with Crippen LogP contribution in [0.25, 0.3) is 0 Å². The largest absolute Gasteiger partial charge is 0.383 e. The molecule has 6 nitrogen and oxygen atoms in total. The fourth-order valence-corrected chi connectivity index (χ4v) is 2.54. The van der Waals surface area contributed by atoms with Crippen LogP contribution < -0.4 is 5.32 Å². The normalized spacial score (nSPS) is 15.5. The van der Waals surface area contributed by atoms with E-state index in [1.54, 1.807) is 36.3 Å². The van der Waals surface area contributed by atoms with Crippen molar-refractivity contribution in [2.75, 3.05) is 53.0 Å². The molecular weight excluding hydrogens is 318 g/mol. The van der Waals surface area contributed by atoms with E-state index in [1.807, 2.05) is 0 Å². The molecule has 0 aliphatic carbocycles. The first-order valence-corrected chi connectivity index (χ1v) is 8.01. The monoisotopic (exact) mass is 339 g/mol. The van der Waals surface area contributed by atoms with Crippen molar-refractivity contribution in [2.45, 2.75) is 0 Å². The summed E-state index contributed by atoms with van der Waals surface area (Å²) in [5.41, 5.74) is 0.661. The quantitative estimate of drug-likeness (QED) is 0.630. The molecule has 0 atom stereocenters. The molecule has 1 N–H and O–H groups in total. The number of piperazine rings is 1. The third kappa shape index (κ3) is 5.49. The van der Waals surface area contributed by atoms with Crippen molar-refractivity contribution in [3.05, 3.63) is 34.9 Å². The van der Waals surface area contributed by atoms with Crippen LogP contribution in [0.4, 0.5) is 4.79 Å². The summed E-state index contributed by atoms with van der Waals surface area (Å²) >= 11 is 5.83. The summed E-state index contributed by atoms with van der Waals surface area (Å²) in [6.45, 7) is 3.99. The van der Waals surface area contributed by atoms with E-state index in [1.165, 1.54) is 0 Å². The fraction of sp³-hybridized carbons (Fsp3) is 0.500. The molecule has 0 spiro atoms. The molecule has 1 saturated heterocycles. The highest BCUT2D eigenvalue weighted by atomic mass is 35.5. The number of ketones is 1. The Hall–Kier alpha value is -1.63. The van der Waals surface area contributed by atoms with Gasteiger partial charge in [0.15, 0.2) is 5.78 Å². The van der Waals surface area contributed by atoms with Crippen LogP contribution in [-0.4, -0.2) is 74.6 Å². The second kappa shape index (κ2) is 8.86. The molecule has 1 heterocycles. The molecule has 1 fully saturated rings. The highest BCUT2D eigenvalue weighted by Gasteiger charge is 2.22. The van der Waals surface area contributed by atoms with Gasteiger partial charge < -0.3 is 15.0 Å². The number of halogens is 1. The number of Topliss-reactive ketones (excluding diaryl/α,β-unsaturated/α-hetero) is 1. The minimum Gasteiger partial charge on any atom is -0.383 e. The molecule has 1 aliphatic heterocycles. The summed E-state index contributed by atoms with van der Waals surface area (Å²) < 4.78 is 4.90. The van der Waals surface area contributed by atoms with Gasteiger partial charge in [0.2, 0.25) is 0 Å². The van der Waals surface area contributed by atoms with Gasteiger partial charge in [-0.25, -0.2) is 4.79 Å². The Balaban J connectivity index is 1.75. The van der Waals surface area contributed by atoms with E-state index in [0.717, 1.165) is 0 Å². The number of ether oxygens (including phenoxy) is 1. The fourth-order valence-electron chi connectivity index (χ4n) is 2.41. The van der Waals surface area contributed by atoms with Crippen LogP contribution >= 0.6 is 11.6 Å². The molecule has 0 aromatic heterocycles. The predicted octanol–water partition coefficient (Wildman–Crippen LogP) is 1.50. The van der Waals surface area contributed by atoms with Gasteiger partial charge in [-0.05, 0) is 24.3 Å². The highest BCUT2D eigenvalue weighted by Crippen LogP contribution is 2.11. The molecule has 1 aromatic carbocycles. The third-order valence-electron chi connectivity index (χ3n) is 3.78. The second-order valence-electron chi connectivity index (χ2n) is 5.42. The summed E-state index contributed by atoms with van der Waals surface area (Å²) in [4.78, 5) is 28.0. The summed E-state index contributed by atoms with van der Waals surface area (Å²) in [7, 11) is 1.60.